The molecule has 0 radical (unpaired) electrons. The molecule has 4 nitrogen and oxygen atoms in total. The molecule has 1 aromatic heterocycles. The second kappa shape index (κ2) is 7.50. The summed E-state index contributed by atoms with van der Waals surface area (Å²) in [5.74, 6) is 0.277. The lowest BCUT2D eigenvalue weighted by Crippen LogP contribution is -2.51. The second-order valence-electron chi connectivity index (χ2n) is 7.63. The SMILES string of the molecule is Cc1cc(O)cc(CN2CCN(c3nc4ccc(C(F)(F)F)cc4s3)[C@@H](C)C2)c1. The number of thiazole rings is 1. The number of alkyl halides is 3. The third-order valence-electron chi connectivity index (χ3n) is 5.19. The summed E-state index contributed by atoms with van der Waals surface area (Å²) in [5, 5.41) is 10.6. The zero-order valence-corrected chi connectivity index (χ0v) is 17.0. The standard InChI is InChI=1S/C21H22F3N3OS/c1-13-7-15(9-17(28)8-13)12-26-5-6-27(14(2)11-26)20-25-18-4-3-16(21(22,23)24)10-19(18)29-20/h3-4,7-10,14,28H,5-6,11-12H2,1-2H3/t14-/m0/s1. The third kappa shape index (κ3) is 4.33. The van der Waals surface area contributed by atoms with Gasteiger partial charge in [-0.3, -0.25) is 4.90 Å². The van der Waals surface area contributed by atoms with Crippen molar-refractivity contribution in [3.63, 3.8) is 0 Å². The van der Waals surface area contributed by atoms with Crippen LogP contribution < -0.4 is 4.90 Å². The van der Waals surface area contributed by atoms with Crippen LogP contribution in [0.15, 0.2) is 36.4 Å². The van der Waals surface area contributed by atoms with Crippen molar-refractivity contribution in [1.29, 1.82) is 0 Å². The maximum Gasteiger partial charge on any atom is 0.416 e. The van der Waals surface area contributed by atoms with Gasteiger partial charge in [-0.1, -0.05) is 17.4 Å². The first kappa shape index (κ1) is 20.0. The lowest BCUT2D eigenvalue weighted by Gasteiger charge is -2.39. The van der Waals surface area contributed by atoms with Gasteiger partial charge in [0, 0.05) is 32.2 Å². The number of piperazine rings is 1. The number of hydrogen-bond donors (Lipinski definition) is 1. The van der Waals surface area contributed by atoms with Crippen molar-refractivity contribution in [2.75, 3.05) is 24.5 Å². The van der Waals surface area contributed by atoms with E-state index in [4.69, 9.17) is 0 Å². The van der Waals surface area contributed by atoms with E-state index >= 15 is 0 Å². The van der Waals surface area contributed by atoms with Crippen LogP contribution in [0.3, 0.4) is 0 Å². The largest absolute Gasteiger partial charge is 0.508 e. The molecule has 1 saturated heterocycles. The molecule has 2 heterocycles. The van der Waals surface area contributed by atoms with Gasteiger partial charge in [-0.2, -0.15) is 13.2 Å². The molecule has 1 N–H and O–H groups in total. The van der Waals surface area contributed by atoms with Crippen LogP contribution in [0.4, 0.5) is 18.3 Å². The highest BCUT2D eigenvalue weighted by Gasteiger charge is 2.31. The monoisotopic (exact) mass is 421 g/mol. The Morgan fingerprint density at radius 3 is 2.66 bits per heavy atom. The topological polar surface area (TPSA) is 39.6 Å². The van der Waals surface area contributed by atoms with E-state index in [-0.39, 0.29) is 11.8 Å². The molecule has 0 spiro atoms. The molecule has 0 amide bonds. The Morgan fingerprint density at radius 2 is 1.97 bits per heavy atom. The molecule has 0 bridgehead atoms. The van der Waals surface area contributed by atoms with E-state index in [0.717, 1.165) is 48.5 Å². The Hall–Kier alpha value is -2.32. The summed E-state index contributed by atoms with van der Waals surface area (Å²) in [5.41, 5.74) is 2.06. The molecular formula is C21H22F3N3OS. The Kier molecular flexibility index (Phi) is 5.16. The molecular weight excluding hydrogens is 399 g/mol. The zero-order chi connectivity index (χ0) is 20.8. The van der Waals surface area contributed by atoms with Gasteiger partial charge in [-0.25, -0.2) is 4.98 Å². The predicted octanol–water partition coefficient (Wildman–Crippen LogP) is 5.04. The van der Waals surface area contributed by atoms with Gasteiger partial charge in [-0.05, 0) is 55.3 Å². The van der Waals surface area contributed by atoms with Crippen molar-refractivity contribution in [3.05, 3.63) is 53.1 Å². The van der Waals surface area contributed by atoms with Crippen molar-refractivity contribution in [2.24, 2.45) is 0 Å². The summed E-state index contributed by atoms with van der Waals surface area (Å²) in [6.45, 7) is 7.21. The van der Waals surface area contributed by atoms with Crippen LogP contribution >= 0.6 is 11.3 Å². The first-order valence-electron chi connectivity index (χ1n) is 9.45. The van der Waals surface area contributed by atoms with Crippen LogP contribution in [-0.2, 0) is 12.7 Å². The fraction of sp³-hybridized carbons (Fsp3) is 0.381. The fourth-order valence-corrected chi connectivity index (χ4v) is 5.00. The van der Waals surface area contributed by atoms with Crippen LogP contribution in [-0.4, -0.2) is 40.7 Å². The lowest BCUT2D eigenvalue weighted by atomic mass is 10.1. The van der Waals surface area contributed by atoms with Gasteiger partial charge in [0.25, 0.3) is 0 Å². The molecule has 0 unspecified atom stereocenters. The first-order chi connectivity index (χ1) is 13.7. The number of rotatable bonds is 3. The Labute approximate surface area is 171 Å². The summed E-state index contributed by atoms with van der Waals surface area (Å²) in [6.07, 6.45) is -4.35. The number of hydrogen-bond acceptors (Lipinski definition) is 5. The van der Waals surface area contributed by atoms with Crippen molar-refractivity contribution < 1.29 is 18.3 Å². The molecule has 0 saturated carbocycles. The van der Waals surface area contributed by atoms with Crippen LogP contribution in [0.5, 0.6) is 5.75 Å². The average molecular weight is 421 g/mol. The van der Waals surface area contributed by atoms with Crippen molar-refractivity contribution in [1.82, 2.24) is 9.88 Å². The summed E-state index contributed by atoms with van der Waals surface area (Å²) in [6, 6.07) is 9.50. The molecule has 3 aromatic rings. The number of fused-ring (bicyclic) bond motifs is 1. The van der Waals surface area contributed by atoms with Gasteiger partial charge >= 0.3 is 6.18 Å². The molecule has 1 aliphatic rings. The lowest BCUT2D eigenvalue weighted by molar-refractivity contribution is -0.137. The smallest absolute Gasteiger partial charge is 0.416 e. The Morgan fingerprint density at radius 1 is 1.17 bits per heavy atom. The van der Waals surface area contributed by atoms with E-state index in [1.807, 2.05) is 6.92 Å². The summed E-state index contributed by atoms with van der Waals surface area (Å²) >= 11 is 1.31. The van der Waals surface area contributed by atoms with Crippen molar-refractivity contribution >= 4 is 26.7 Å². The highest BCUT2D eigenvalue weighted by molar-refractivity contribution is 7.22. The van der Waals surface area contributed by atoms with Gasteiger partial charge in [-0.15, -0.1) is 0 Å². The van der Waals surface area contributed by atoms with Crippen LogP contribution in [0.1, 0.15) is 23.6 Å². The number of benzene rings is 2. The van der Waals surface area contributed by atoms with E-state index in [1.165, 1.54) is 23.5 Å². The normalized spacial score (nSPS) is 18.5. The van der Waals surface area contributed by atoms with E-state index in [1.54, 1.807) is 12.1 Å². The number of anilines is 1. The maximum atomic E-state index is 13.0. The van der Waals surface area contributed by atoms with Gasteiger partial charge in [0.05, 0.1) is 15.8 Å². The maximum absolute atomic E-state index is 13.0. The van der Waals surface area contributed by atoms with E-state index in [2.05, 4.69) is 27.8 Å². The number of halogens is 3. The quantitative estimate of drug-likeness (QED) is 0.643. The van der Waals surface area contributed by atoms with Crippen LogP contribution in [0.25, 0.3) is 10.2 Å². The van der Waals surface area contributed by atoms with E-state index in [9.17, 15) is 18.3 Å². The summed E-state index contributed by atoms with van der Waals surface area (Å²) in [4.78, 5) is 9.06. The highest BCUT2D eigenvalue weighted by Crippen LogP contribution is 2.36. The van der Waals surface area contributed by atoms with Crippen molar-refractivity contribution in [2.45, 2.75) is 32.6 Å². The minimum Gasteiger partial charge on any atom is -0.508 e. The van der Waals surface area contributed by atoms with Crippen LogP contribution in [0.2, 0.25) is 0 Å². The van der Waals surface area contributed by atoms with Crippen molar-refractivity contribution in [3.8, 4) is 5.75 Å². The molecule has 0 aliphatic carbocycles. The third-order valence-corrected chi connectivity index (χ3v) is 6.25. The molecule has 154 valence electrons. The van der Waals surface area contributed by atoms with E-state index < -0.39 is 11.7 Å². The molecule has 1 aliphatic heterocycles. The first-order valence-corrected chi connectivity index (χ1v) is 10.3. The number of aromatic nitrogens is 1. The highest BCUT2D eigenvalue weighted by atomic mass is 32.1. The number of aryl methyl sites for hydroxylation is 1. The Bertz CT molecular complexity index is 1010. The fourth-order valence-electron chi connectivity index (χ4n) is 3.86. The average Bonchev–Trinajstić information content (AvgIpc) is 3.03. The molecule has 2 aromatic carbocycles. The van der Waals surface area contributed by atoms with Gasteiger partial charge in [0.15, 0.2) is 5.13 Å². The summed E-state index contributed by atoms with van der Waals surface area (Å²) < 4.78 is 39.4. The van der Waals surface area contributed by atoms with Crippen LogP contribution in [0, 0.1) is 6.92 Å². The predicted molar refractivity (Wildman–Crippen MR) is 110 cm³/mol. The van der Waals surface area contributed by atoms with Gasteiger partial charge < -0.3 is 10.0 Å². The van der Waals surface area contributed by atoms with Gasteiger partial charge in [0.2, 0.25) is 0 Å². The summed E-state index contributed by atoms with van der Waals surface area (Å²) in [7, 11) is 0. The number of aromatic hydroxyl groups is 1. The molecule has 29 heavy (non-hydrogen) atoms. The number of nitrogens with zero attached hydrogens (tertiary/aromatic N) is 3. The molecule has 1 atom stereocenters. The second-order valence-corrected chi connectivity index (χ2v) is 8.64. The van der Waals surface area contributed by atoms with Gasteiger partial charge in [0.1, 0.15) is 5.75 Å². The number of phenolic OH excluding ortho intramolecular Hbond substituents is 1. The Balaban J connectivity index is 1.48. The minimum absolute atomic E-state index is 0.185. The zero-order valence-electron chi connectivity index (χ0n) is 16.2. The molecule has 8 heteroatoms. The minimum atomic E-state index is -4.35. The number of phenols is 1. The molecule has 4 rings (SSSR count). The molecule has 1 fully saturated rings. The van der Waals surface area contributed by atoms with E-state index in [0.29, 0.717) is 10.2 Å².